The predicted molar refractivity (Wildman–Crippen MR) is 86.8 cm³/mol. The number of sulfonamides is 1. The van der Waals surface area contributed by atoms with Gasteiger partial charge in [0.05, 0.1) is 4.90 Å². The Hall–Kier alpha value is -2.78. The van der Waals surface area contributed by atoms with Crippen molar-refractivity contribution in [3.05, 3.63) is 60.0 Å². The van der Waals surface area contributed by atoms with Crippen molar-refractivity contribution in [2.24, 2.45) is 5.14 Å². The number of carbonyl (C=O) groups is 1. The molecule has 2 heterocycles. The Morgan fingerprint density at radius 1 is 1.25 bits per heavy atom. The predicted octanol–water partition coefficient (Wildman–Crippen LogP) is 0.349. The minimum absolute atomic E-state index is 0.0625. The fourth-order valence-corrected chi connectivity index (χ4v) is 2.71. The first-order valence-electron chi connectivity index (χ1n) is 7.14. The molecule has 0 bridgehead atoms. The lowest BCUT2D eigenvalue weighted by Crippen LogP contribution is -2.26. The Balaban J connectivity index is 1.58. The van der Waals surface area contributed by atoms with Crippen molar-refractivity contribution in [1.82, 2.24) is 19.9 Å². The largest absolute Gasteiger partial charge is 0.350 e. The molecule has 0 aliphatic carbocycles. The lowest BCUT2D eigenvalue weighted by Gasteiger charge is -2.04. The van der Waals surface area contributed by atoms with Gasteiger partial charge >= 0.3 is 0 Å². The summed E-state index contributed by atoms with van der Waals surface area (Å²) in [6, 6.07) is 9.56. The summed E-state index contributed by atoms with van der Waals surface area (Å²) in [5, 5.41) is 12.0. The number of hydrogen-bond donors (Lipinski definition) is 2. The summed E-state index contributed by atoms with van der Waals surface area (Å²) in [5.41, 5.74) is 1.78. The molecule has 2 aromatic heterocycles. The van der Waals surface area contributed by atoms with E-state index in [4.69, 9.17) is 5.14 Å². The highest BCUT2D eigenvalue weighted by Gasteiger charge is 2.11. The van der Waals surface area contributed by atoms with Gasteiger partial charge in [-0.05, 0) is 30.2 Å². The molecule has 1 aromatic carbocycles. The van der Waals surface area contributed by atoms with Crippen LogP contribution in [0.1, 0.15) is 16.1 Å². The molecule has 0 aliphatic heterocycles. The van der Waals surface area contributed by atoms with Gasteiger partial charge in [0.1, 0.15) is 0 Å². The van der Waals surface area contributed by atoms with E-state index in [2.05, 4.69) is 15.4 Å². The second-order valence-electron chi connectivity index (χ2n) is 5.15. The smallest absolute Gasteiger partial charge is 0.271 e. The van der Waals surface area contributed by atoms with Crippen molar-refractivity contribution in [2.75, 3.05) is 6.54 Å². The summed E-state index contributed by atoms with van der Waals surface area (Å²) >= 11 is 0. The van der Waals surface area contributed by atoms with Gasteiger partial charge in [-0.15, -0.1) is 0 Å². The van der Waals surface area contributed by atoms with Crippen molar-refractivity contribution in [2.45, 2.75) is 11.3 Å². The second kappa shape index (κ2) is 6.38. The van der Waals surface area contributed by atoms with Gasteiger partial charge in [-0.2, -0.15) is 5.10 Å². The highest BCUT2D eigenvalue weighted by molar-refractivity contribution is 7.89. The third kappa shape index (κ3) is 3.58. The van der Waals surface area contributed by atoms with Crippen LogP contribution in [0.2, 0.25) is 0 Å². The van der Waals surface area contributed by atoms with Crippen molar-refractivity contribution in [3.63, 3.8) is 0 Å². The molecule has 0 radical (unpaired) electrons. The number of primary sulfonamides is 1. The van der Waals surface area contributed by atoms with Crippen LogP contribution in [-0.4, -0.2) is 35.5 Å². The molecule has 1 amide bonds. The highest BCUT2D eigenvalue weighted by Crippen LogP contribution is 2.09. The van der Waals surface area contributed by atoms with Gasteiger partial charge < -0.3 is 5.32 Å². The minimum atomic E-state index is -3.69. The lowest BCUT2D eigenvalue weighted by atomic mass is 10.1. The van der Waals surface area contributed by atoms with Crippen molar-refractivity contribution >= 4 is 21.6 Å². The van der Waals surface area contributed by atoms with Crippen LogP contribution in [0.15, 0.2) is 53.7 Å². The van der Waals surface area contributed by atoms with Crippen LogP contribution in [0.3, 0.4) is 0 Å². The summed E-state index contributed by atoms with van der Waals surface area (Å²) in [5.74, 6) is -0.290. The standard InChI is InChI=1S/C15H15N5O3S/c16-24(22,23)12-4-2-11(3-5-12)6-8-18-15(21)13-10-14-17-7-1-9-20(14)19-13/h1-5,7,9-10H,6,8H2,(H,18,21)(H2,16,22,23). The molecule has 8 nitrogen and oxygen atoms in total. The molecule has 24 heavy (non-hydrogen) atoms. The molecule has 3 rings (SSSR count). The monoisotopic (exact) mass is 345 g/mol. The van der Waals surface area contributed by atoms with Crippen molar-refractivity contribution in [1.29, 1.82) is 0 Å². The van der Waals surface area contributed by atoms with E-state index in [-0.39, 0.29) is 10.8 Å². The van der Waals surface area contributed by atoms with Gasteiger partial charge in [-0.25, -0.2) is 23.1 Å². The first kappa shape index (κ1) is 16.1. The number of benzene rings is 1. The maximum absolute atomic E-state index is 12.1. The van der Waals surface area contributed by atoms with Crippen LogP contribution in [0, 0.1) is 0 Å². The Kier molecular flexibility index (Phi) is 4.28. The van der Waals surface area contributed by atoms with E-state index in [1.54, 1.807) is 36.7 Å². The van der Waals surface area contributed by atoms with Gasteiger partial charge in [0.15, 0.2) is 11.3 Å². The zero-order valence-corrected chi connectivity index (χ0v) is 13.4. The van der Waals surface area contributed by atoms with Gasteiger partial charge in [-0.1, -0.05) is 12.1 Å². The van der Waals surface area contributed by atoms with Gasteiger partial charge in [0.2, 0.25) is 10.0 Å². The zero-order valence-electron chi connectivity index (χ0n) is 12.6. The van der Waals surface area contributed by atoms with E-state index in [0.717, 1.165) is 5.56 Å². The summed E-state index contributed by atoms with van der Waals surface area (Å²) in [7, 11) is -3.69. The molecular weight excluding hydrogens is 330 g/mol. The van der Waals surface area contributed by atoms with Crippen LogP contribution < -0.4 is 10.5 Å². The molecule has 0 unspecified atom stereocenters. The molecule has 0 atom stereocenters. The summed E-state index contributed by atoms with van der Waals surface area (Å²) < 4.78 is 23.9. The lowest BCUT2D eigenvalue weighted by molar-refractivity contribution is 0.0949. The molecule has 3 aromatic rings. The van der Waals surface area contributed by atoms with Crippen LogP contribution in [0.4, 0.5) is 0 Å². The highest BCUT2D eigenvalue weighted by atomic mass is 32.2. The van der Waals surface area contributed by atoms with Crippen LogP contribution >= 0.6 is 0 Å². The molecule has 0 aliphatic rings. The third-order valence-corrected chi connectivity index (χ3v) is 4.35. The molecule has 9 heteroatoms. The molecule has 0 saturated heterocycles. The molecule has 0 spiro atoms. The van der Waals surface area contributed by atoms with Gasteiger partial charge in [-0.3, -0.25) is 4.79 Å². The zero-order chi connectivity index (χ0) is 17.2. The number of nitrogens with two attached hydrogens (primary N) is 1. The average Bonchev–Trinajstić information content (AvgIpc) is 2.98. The summed E-state index contributed by atoms with van der Waals surface area (Å²) in [6.45, 7) is 0.398. The molecule has 0 fully saturated rings. The van der Waals surface area contributed by atoms with E-state index in [1.807, 2.05) is 0 Å². The van der Waals surface area contributed by atoms with Crippen LogP contribution in [0.25, 0.3) is 5.65 Å². The van der Waals surface area contributed by atoms with E-state index < -0.39 is 10.0 Å². The number of fused-ring (bicyclic) bond motifs is 1. The fourth-order valence-electron chi connectivity index (χ4n) is 2.20. The van der Waals surface area contributed by atoms with Crippen LogP contribution in [0.5, 0.6) is 0 Å². The molecule has 0 saturated carbocycles. The summed E-state index contributed by atoms with van der Waals surface area (Å²) in [4.78, 5) is 16.2. The fraction of sp³-hybridized carbons (Fsp3) is 0.133. The summed E-state index contributed by atoms with van der Waals surface area (Å²) in [6.07, 6.45) is 3.90. The number of rotatable bonds is 5. The number of amides is 1. The van der Waals surface area contributed by atoms with E-state index in [9.17, 15) is 13.2 Å². The third-order valence-electron chi connectivity index (χ3n) is 3.42. The number of aromatic nitrogens is 3. The molecular formula is C15H15N5O3S. The SMILES string of the molecule is NS(=O)(=O)c1ccc(CCNC(=O)c2cc3ncccn3n2)cc1. The Morgan fingerprint density at radius 3 is 2.67 bits per heavy atom. The maximum atomic E-state index is 12.1. The van der Waals surface area contributed by atoms with Gasteiger partial charge in [0, 0.05) is 25.0 Å². The molecule has 124 valence electrons. The van der Waals surface area contributed by atoms with E-state index >= 15 is 0 Å². The Labute approximate surface area is 138 Å². The molecule has 3 N–H and O–H groups in total. The number of hydrogen-bond acceptors (Lipinski definition) is 5. The maximum Gasteiger partial charge on any atom is 0.271 e. The Bertz CT molecular complexity index is 947. The normalized spacial score (nSPS) is 11.5. The van der Waals surface area contributed by atoms with E-state index in [1.165, 1.54) is 16.6 Å². The topological polar surface area (TPSA) is 119 Å². The van der Waals surface area contributed by atoms with E-state index in [0.29, 0.717) is 24.3 Å². The minimum Gasteiger partial charge on any atom is -0.350 e. The quantitative estimate of drug-likeness (QED) is 0.691. The number of nitrogens with one attached hydrogen (secondary N) is 1. The second-order valence-corrected chi connectivity index (χ2v) is 6.71. The first-order valence-corrected chi connectivity index (χ1v) is 8.68. The van der Waals surface area contributed by atoms with Crippen LogP contribution in [-0.2, 0) is 16.4 Å². The average molecular weight is 345 g/mol. The number of nitrogens with zero attached hydrogens (tertiary/aromatic N) is 3. The Morgan fingerprint density at radius 2 is 2.00 bits per heavy atom. The number of carbonyl (C=O) groups excluding carboxylic acids is 1. The van der Waals surface area contributed by atoms with Crippen molar-refractivity contribution < 1.29 is 13.2 Å². The van der Waals surface area contributed by atoms with Crippen molar-refractivity contribution in [3.8, 4) is 0 Å². The van der Waals surface area contributed by atoms with Gasteiger partial charge in [0.25, 0.3) is 5.91 Å². The first-order chi connectivity index (χ1) is 11.4.